The van der Waals surface area contributed by atoms with Crippen LogP contribution in [0.5, 0.6) is 0 Å². The average molecular weight is 260 g/mol. The number of nitrogens with one attached hydrogen (secondary N) is 1. The van der Waals surface area contributed by atoms with Gasteiger partial charge in [-0.25, -0.2) is 0 Å². The van der Waals surface area contributed by atoms with Crippen molar-refractivity contribution in [2.75, 3.05) is 11.9 Å². The molecule has 2 rings (SSSR count). The van der Waals surface area contributed by atoms with E-state index in [1.54, 1.807) is 24.5 Å². The van der Waals surface area contributed by atoms with E-state index in [2.05, 4.69) is 10.3 Å². The Labute approximate surface area is 110 Å². The van der Waals surface area contributed by atoms with Gasteiger partial charge in [-0.1, -0.05) is 0 Å². The van der Waals surface area contributed by atoms with Gasteiger partial charge < -0.3 is 11.1 Å². The number of nitro groups is 1. The summed E-state index contributed by atoms with van der Waals surface area (Å²) in [7, 11) is 0. The fraction of sp³-hybridized carbons (Fsp3) is 0.308. The van der Waals surface area contributed by atoms with Crippen LogP contribution in [0.1, 0.15) is 13.3 Å². The van der Waals surface area contributed by atoms with Crippen LogP contribution in [-0.2, 0) is 0 Å². The molecule has 1 aromatic carbocycles. The summed E-state index contributed by atoms with van der Waals surface area (Å²) in [5.41, 5.74) is 6.63. The van der Waals surface area contributed by atoms with Gasteiger partial charge in [-0.3, -0.25) is 15.1 Å². The lowest BCUT2D eigenvalue weighted by molar-refractivity contribution is -0.383. The smallest absolute Gasteiger partial charge is 0.277 e. The zero-order valence-electron chi connectivity index (χ0n) is 10.7. The van der Waals surface area contributed by atoms with Crippen LogP contribution < -0.4 is 11.1 Å². The molecule has 1 aromatic heterocycles. The normalized spacial score (nSPS) is 12.3. The van der Waals surface area contributed by atoms with Gasteiger partial charge >= 0.3 is 0 Å². The second kappa shape index (κ2) is 5.62. The van der Waals surface area contributed by atoms with Crippen LogP contribution in [0, 0.1) is 10.1 Å². The first-order valence-corrected chi connectivity index (χ1v) is 6.10. The Morgan fingerprint density at radius 2 is 2.21 bits per heavy atom. The molecule has 6 heteroatoms. The Bertz CT molecular complexity index is 598. The minimum Gasteiger partial charge on any atom is -0.384 e. The first-order chi connectivity index (χ1) is 9.09. The molecule has 1 unspecified atom stereocenters. The van der Waals surface area contributed by atoms with E-state index in [0.29, 0.717) is 5.39 Å². The Morgan fingerprint density at radius 3 is 2.89 bits per heavy atom. The Kier molecular flexibility index (Phi) is 3.91. The fourth-order valence-corrected chi connectivity index (χ4v) is 1.92. The summed E-state index contributed by atoms with van der Waals surface area (Å²) in [5.74, 6) is 0. The fourth-order valence-electron chi connectivity index (χ4n) is 1.92. The highest BCUT2D eigenvalue weighted by Crippen LogP contribution is 2.30. The summed E-state index contributed by atoms with van der Waals surface area (Å²) < 4.78 is 0. The van der Waals surface area contributed by atoms with Gasteiger partial charge in [0.15, 0.2) is 0 Å². The number of benzene rings is 1. The minimum atomic E-state index is -0.381. The minimum absolute atomic E-state index is 0.0927. The lowest BCUT2D eigenvalue weighted by Gasteiger charge is -2.11. The molecule has 3 N–H and O–H groups in total. The molecule has 0 aliphatic carbocycles. The van der Waals surface area contributed by atoms with Crippen LogP contribution in [0.4, 0.5) is 11.4 Å². The molecule has 0 radical (unpaired) electrons. The van der Waals surface area contributed by atoms with Crippen LogP contribution in [0.2, 0.25) is 0 Å². The van der Waals surface area contributed by atoms with Gasteiger partial charge in [-0.2, -0.15) is 0 Å². The van der Waals surface area contributed by atoms with Crippen LogP contribution in [0.15, 0.2) is 30.6 Å². The van der Waals surface area contributed by atoms with Crippen molar-refractivity contribution in [1.29, 1.82) is 0 Å². The SMILES string of the molecule is CC(N)CCNc1ccc([N+](=O)[O-])c2ccncc12. The van der Waals surface area contributed by atoms with E-state index in [4.69, 9.17) is 5.73 Å². The maximum Gasteiger partial charge on any atom is 0.277 e. The zero-order chi connectivity index (χ0) is 13.8. The maximum absolute atomic E-state index is 11.0. The van der Waals surface area contributed by atoms with E-state index in [1.165, 1.54) is 6.07 Å². The van der Waals surface area contributed by atoms with Gasteiger partial charge in [0.1, 0.15) is 0 Å². The van der Waals surface area contributed by atoms with Gasteiger partial charge in [0.05, 0.1) is 10.3 Å². The zero-order valence-corrected chi connectivity index (χ0v) is 10.7. The second-order valence-electron chi connectivity index (χ2n) is 4.50. The Hall–Kier alpha value is -2.21. The third-order valence-electron chi connectivity index (χ3n) is 2.91. The number of pyridine rings is 1. The molecule has 0 aliphatic heterocycles. The number of non-ortho nitro benzene ring substituents is 1. The first kappa shape index (κ1) is 13.2. The van der Waals surface area contributed by atoms with Crippen LogP contribution >= 0.6 is 0 Å². The molecule has 1 atom stereocenters. The van der Waals surface area contributed by atoms with E-state index in [0.717, 1.165) is 24.0 Å². The lowest BCUT2D eigenvalue weighted by atomic mass is 10.1. The number of hydrogen-bond acceptors (Lipinski definition) is 5. The Morgan fingerprint density at radius 1 is 1.42 bits per heavy atom. The quantitative estimate of drug-likeness (QED) is 0.635. The number of nitro benzene ring substituents is 1. The summed E-state index contributed by atoms with van der Waals surface area (Å²) in [4.78, 5) is 14.6. The van der Waals surface area contributed by atoms with Crippen molar-refractivity contribution in [3.05, 3.63) is 40.7 Å². The number of nitrogens with zero attached hydrogens (tertiary/aromatic N) is 2. The second-order valence-corrected chi connectivity index (χ2v) is 4.50. The Balaban J connectivity index is 2.36. The highest BCUT2D eigenvalue weighted by molar-refractivity contribution is 5.99. The summed E-state index contributed by atoms with van der Waals surface area (Å²) >= 11 is 0. The lowest BCUT2D eigenvalue weighted by Crippen LogP contribution is -2.19. The molecule has 0 fully saturated rings. The molecular formula is C13H16N4O2. The summed E-state index contributed by atoms with van der Waals surface area (Å²) in [6.45, 7) is 2.66. The van der Waals surface area contributed by atoms with E-state index < -0.39 is 0 Å². The number of aromatic nitrogens is 1. The predicted octanol–water partition coefficient (Wildman–Crippen LogP) is 2.29. The number of hydrogen-bond donors (Lipinski definition) is 2. The average Bonchev–Trinajstić information content (AvgIpc) is 2.38. The van der Waals surface area contributed by atoms with Gasteiger partial charge in [0, 0.05) is 42.1 Å². The van der Waals surface area contributed by atoms with Crippen molar-refractivity contribution in [3.63, 3.8) is 0 Å². The third-order valence-corrected chi connectivity index (χ3v) is 2.91. The van der Waals surface area contributed by atoms with Gasteiger partial charge in [0.25, 0.3) is 5.69 Å². The van der Waals surface area contributed by atoms with Crippen molar-refractivity contribution < 1.29 is 4.92 Å². The molecule has 0 saturated heterocycles. The molecule has 100 valence electrons. The number of rotatable bonds is 5. The topological polar surface area (TPSA) is 94.1 Å². The molecule has 0 aliphatic rings. The third kappa shape index (κ3) is 2.97. The molecule has 2 aromatic rings. The largest absolute Gasteiger partial charge is 0.384 e. The van der Waals surface area contributed by atoms with Crippen LogP contribution in [0.25, 0.3) is 10.8 Å². The van der Waals surface area contributed by atoms with Crippen molar-refractivity contribution in [3.8, 4) is 0 Å². The summed E-state index contributed by atoms with van der Waals surface area (Å²) in [6.07, 6.45) is 4.02. The van der Waals surface area contributed by atoms with Gasteiger partial charge in [-0.05, 0) is 25.5 Å². The van der Waals surface area contributed by atoms with Crippen molar-refractivity contribution in [2.45, 2.75) is 19.4 Å². The molecule has 0 spiro atoms. The number of fused-ring (bicyclic) bond motifs is 1. The standard InChI is InChI=1S/C13H16N4O2/c1-9(14)4-7-16-12-2-3-13(17(18)19)10-5-6-15-8-11(10)12/h2-3,5-6,8-9,16H,4,7,14H2,1H3. The first-order valence-electron chi connectivity index (χ1n) is 6.10. The van der Waals surface area contributed by atoms with E-state index >= 15 is 0 Å². The number of nitrogens with two attached hydrogens (primary N) is 1. The molecule has 0 amide bonds. The number of anilines is 1. The maximum atomic E-state index is 11.0. The molecule has 0 bridgehead atoms. The molecule has 19 heavy (non-hydrogen) atoms. The molecule has 6 nitrogen and oxygen atoms in total. The van der Waals surface area contributed by atoms with E-state index in [9.17, 15) is 10.1 Å². The van der Waals surface area contributed by atoms with Crippen molar-refractivity contribution >= 4 is 22.1 Å². The summed E-state index contributed by atoms with van der Waals surface area (Å²) in [5, 5.41) is 15.6. The monoisotopic (exact) mass is 260 g/mol. The van der Waals surface area contributed by atoms with Crippen LogP contribution in [-0.4, -0.2) is 22.5 Å². The predicted molar refractivity (Wildman–Crippen MR) is 75.2 cm³/mol. The van der Waals surface area contributed by atoms with Crippen molar-refractivity contribution in [2.24, 2.45) is 5.73 Å². The highest BCUT2D eigenvalue weighted by atomic mass is 16.6. The van der Waals surface area contributed by atoms with E-state index in [-0.39, 0.29) is 16.7 Å². The van der Waals surface area contributed by atoms with Gasteiger partial charge in [-0.15, -0.1) is 0 Å². The van der Waals surface area contributed by atoms with Gasteiger partial charge in [0.2, 0.25) is 0 Å². The van der Waals surface area contributed by atoms with Crippen LogP contribution in [0.3, 0.4) is 0 Å². The molecule has 0 saturated carbocycles. The highest BCUT2D eigenvalue weighted by Gasteiger charge is 2.13. The summed E-state index contributed by atoms with van der Waals surface area (Å²) in [6, 6.07) is 5.00. The molecular weight excluding hydrogens is 244 g/mol. The van der Waals surface area contributed by atoms with E-state index in [1.807, 2.05) is 6.92 Å². The molecule has 1 heterocycles. The van der Waals surface area contributed by atoms with Crippen molar-refractivity contribution in [1.82, 2.24) is 4.98 Å².